The number of amides is 1. The van der Waals surface area contributed by atoms with Crippen LogP contribution >= 0.6 is 0 Å². The Morgan fingerprint density at radius 3 is 2.32 bits per heavy atom. The summed E-state index contributed by atoms with van der Waals surface area (Å²) in [4.78, 5) is 16.5. The molecule has 0 saturated carbocycles. The molecule has 1 amide bonds. The van der Waals surface area contributed by atoms with Crippen molar-refractivity contribution in [2.45, 2.75) is 26.3 Å². The number of hydrogen-bond donors (Lipinski definition) is 1. The molecule has 1 fully saturated rings. The van der Waals surface area contributed by atoms with E-state index in [0.29, 0.717) is 13.2 Å². The molecule has 0 aliphatic carbocycles. The quantitative estimate of drug-likeness (QED) is 0.734. The van der Waals surface area contributed by atoms with E-state index >= 15 is 0 Å². The Kier molecular flexibility index (Phi) is 8.01. The summed E-state index contributed by atoms with van der Waals surface area (Å²) in [5.41, 5.74) is 0. The van der Waals surface area contributed by atoms with Crippen LogP contribution in [-0.4, -0.2) is 74.7 Å². The molecule has 1 atom stereocenters. The third kappa shape index (κ3) is 6.92. The number of nitrogens with one attached hydrogen (secondary N) is 1. The van der Waals surface area contributed by atoms with Crippen molar-refractivity contribution in [2.24, 2.45) is 0 Å². The van der Waals surface area contributed by atoms with E-state index in [1.54, 1.807) is 7.11 Å². The molecule has 1 aliphatic heterocycles. The van der Waals surface area contributed by atoms with Crippen molar-refractivity contribution < 1.29 is 14.3 Å². The monoisotopic (exact) mass is 349 g/mol. The highest BCUT2D eigenvalue weighted by atomic mass is 16.5. The highest BCUT2D eigenvalue weighted by Crippen LogP contribution is 2.16. The molecule has 1 aromatic carbocycles. The van der Waals surface area contributed by atoms with Crippen molar-refractivity contribution in [3.05, 3.63) is 24.3 Å². The maximum Gasteiger partial charge on any atom is 0.234 e. The fourth-order valence-electron chi connectivity index (χ4n) is 2.76. The summed E-state index contributed by atoms with van der Waals surface area (Å²) in [5.74, 6) is 1.83. The van der Waals surface area contributed by atoms with Gasteiger partial charge >= 0.3 is 0 Å². The van der Waals surface area contributed by atoms with Gasteiger partial charge in [0.05, 0.1) is 13.7 Å². The second-order valence-corrected chi connectivity index (χ2v) is 6.52. The lowest BCUT2D eigenvalue weighted by Gasteiger charge is -2.34. The molecule has 25 heavy (non-hydrogen) atoms. The molecule has 1 aliphatic rings. The van der Waals surface area contributed by atoms with Crippen molar-refractivity contribution in [3.8, 4) is 11.5 Å². The number of carbonyl (C=O) groups is 1. The molecular formula is C19H31N3O3. The van der Waals surface area contributed by atoms with Gasteiger partial charge in [0.2, 0.25) is 5.91 Å². The Hall–Kier alpha value is -1.79. The van der Waals surface area contributed by atoms with E-state index in [2.05, 4.69) is 22.0 Å². The lowest BCUT2D eigenvalue weighted by Crippen LogP contribution is -2.50. The van der Waals surface area contributed by atoms with E-state index in [1.807, 2.05) is 31.2 Å². The zero-order chi connectivity index (χ0) is 18.1. The van der Waals surface area contributed by atoms with E-state index in [-0.39, 0.29) is 11.9 Å². The Labute approximate surface area is 151 Å². The molecule has 0 bridgehead atoms. The van der Waals surface area contributed by atoms with Gasteiger partial charge in [-0.2, -0.15) is 0 Å². The Bertz CT molecular complexity index is 513. The van der Waals surface area contributed by atoms with E-state index in [4.69, 9.17) is 9.47 Å². The van der Waals surface area contributed by atoms with E-state index in [0.717, 1.165) is 50.6 Å². The summed E-state index contributed by atoms with van der Waals surface area (Å²) in [5, 5.41) is 3.03. The van der Waals surface area contributed by atoms with Gasteiger partial charge in [-0.25, -0.2) is 0 Å². The third-order valence-electron chi connectivity index (χ3n) is 4.59. The molecule has 1 N–H and O–H groups in total. The van der Waals surface area contributed by atoms with E-state index < -0.39 is 0 Å². The number of piperazine rings is 1. The van der Waals surface area contributed by atoms with Crippen molar-refractivity contribution in [1.29, 1.82) is 0 Å². The van der Waals surface area contributed by atoms with Gasteiger partial charge in [0.15, 0.2) is 0 Å². The van der Waals surface area contributed by atoms with Gasteiger partial charge in [-0.1, -0.05) is 6.92 Å². The lowest BCUT2D eigenvalue weighted by molar-refractivity contribution is -0.123. The minimum Gasteiger partial charge on any atom is -0.497 e. The van der Waals surface area contributed by atoms with Gasteiger partial charge in [0.1, 0.15) is 18.1 Å². The summed E-state index contributed by atoms with van der Waals surface area (Å²) in [6.45, 7) is 9.99. The van der Waals surface area contributed by atoms with Crippen molar-refractivity contribution in [2.75, 3.05) is 53.0 Å². The van der Waals surface area contributed by atoms with Crippen LogP contribution in [0.3, 0.4) is 0 Å². The van der Waals surface area contributed by atoms with E-state index in [1.165, 1.54) is 0 Å². The molecule has 0 aromatic heterocycles. The average Bonchev–Trinajstić information content (AvgIpc) is 2.63. The van der Waals surface area contributed by atoms with E-state index in [9.17, 15) is 4.79 Å². The number of methoxy groups -OCH3 is 1. The third-order valence-corrected chi connectivity index (χ3v) is 4.59. The highest BCUT2D eigenvalue weighted by molar-refractivity contribution is 5.78. The summed E-state index contributed by atoms with van der Waals surface area (Å²) in [6.07, 6.45) is 0.966. The summed E-state index contributed by atoms with van der Waals surface area (Å²) in [7, 11) is 1.66. The maximum atomic E-state index is 11.9. The molecular weight excluding hydrogens is 318 g/mol. The topological polar surface area (TPSA) is 54.0 Å². The van der Waals surface area contributed by atoms with Gasteiger partial charge < -0.3 is 14.8 Å². The molecule has 6 nitrogen and oxygen atoms in total. The summed E-state index contributed by atoms with van der Waals surface area (Å²) < 4.78 is 10.9. The van der Waals surface area contributed by atoms with Crippen LogP contribution in [0.5, 0.6) is 11.5 Å². The van der Waals surface area contributed by atoms with Crippen LogP contribution in [0.4, 0.5) is 0 Å². The van der Waals surface area contributed by atoms with Crippen LogP contribution < -0.4 is 14.8 Å². The first-order valence-electron chi connectivity index (χ1n) is 9.11. The van der Waals surface area contributed by atoms with Crippen LogP contribution in [0.1, 0.15) is 20.3 Å². The normalized spacial score (nSPS) is 17.1. The number of rotatable bonds is 9. The average molecular weight is 349 g/mol. The van der Waals surface area contributed by atoms with Crippen molar-refractivity contribution in [3.63, 3.8) is 0 Å². The predicted octanol–water partition coefficient (Wildman–Crippen LogP) is 1.61. The molecule has 1 heterocycles. The molecule has 1 saturated heterocycles. The Morgan fingerprint density at radius 2 is 1.72 bits per heavy atom. The van der Waals surface area contributed by atoms with Crippen LogP contribution in [0.2, 0.25) is 0 Å². The number of nitrogens with zero attached hydrogens (tertiary/aromatic N) is 2. The second kappa shape index (κ2) is 10.3. The van der Waals surface area contributed by atoms with Crippen molar-refractivity contribution >= 4 is 5.91 Å². The zero-order valence-electron chi connectivity index (χ0n) is 15.7. The van der Waals surface area contributed by atoms with Crippen LogP contribution in [0.25, 0.3) is 0 Å². The molecule has 0 radical (unpaired) electrons. The minimum absolute atomic E-state index is 0.130. The number of benzene rings is 1. The summed E-state index contributed by atoms with van der Waals surface area (Å²) in [6, 6.07) is 7.90. The molecule has 2 rings (SSSR count). The standard InChI is InChI=1S/C19H31N3O3/c1-4-16(2)20-19(23)15-22-11-9-21(10-12-22)13-14-25-18-7-5-17(24-3)6-8-18/h5-8,16H,4,9-15H2,1-3H3,(H,20,23). The molecule has 1 aromatic rings. The lowest BCUT2D eigenvalue weighted by atomic mass is 10.2. The van der Waals surface area contributed by atoms with Gasteiger partial charge in [-0.05, 0) is 37.6 Å². The second-order valence-electron chi connectivity index (χ2n) is 6.52. The maximum absolute atomic E-state index is 11.9. The number of carbonyl (C=O) groups excluding carboxylic acids is 1. The van der Waals surface area contributed by atoms with Gasteiger partial charge in [0, 0.05) is 38.8 Å². The number of ether oxygens (including phenoxy) is 2. The minimum atomic E-state index is 0.130. The molecule has 6 heteroatoms. The fraction of sp³-hybridized carbons (Fsp3) is 0.632. The molecule has 1 unspecified atom stereocenters. The first-order chi connectivity index (χ1) is 12.1. The zero-order valence-corrected chi connectivity index (χ0v) is 15.7. The molecule has 140 valence electrons. The Morgan fingerprint density at radius 1 is 1.12 bits per heavy atom. The van der Waals surface area contributed by atoms with Crippen molar-refractivity contribution in [1.82, 2.24) is 15.1 Å². The van der Waals surface area contributed by atoms with Crippen LogP contribution in [0, 0.1) is 0 Å². The molecule has 0 spiro atoms. The predicted molar refractivity (Wildman–Crippen MR) is 99.3 cm³/mol. The summed E-state index contributed by atoms with van der Waals surface area (Å²) >= 11 is 0. The number of hydrogen-bond acceptors (Lipinski definition) is 5. The Balaban J connectivity index is 1.61. The van der Waals surface area contributed by atoms with Crippen LogP contribution in [0.15, 0.2) is 24.3 Å². The SMILES string of the molecule is CCC(C)NC(=O)CN1CCN(CCOc2ccc(OC)cc2)CC1. The van der Waals surface area contributed by atoms with Gasteiger partial charge in [-0.3, -0.25) is 14.6 Å². The first-order valence-corrected chi connectivity index (χ1v) is 9.11. The van der Waals surface area contributed by atoms with Crippen LogP contribution in [-0.2, 0) is 4.79 Å². The fourth-order valence-corrected chi connectivity index (χ4v) is 2.76. The smallest absolute Gasteiger partial charge is 0.234 e. The van der Waals surface area contributed by atoms with Gasteiger partial charge in [-0.15, -0.1) is 0 Å². The first kappa shape index (κ1) is 19.5. The highest BCUT2D eigenvalue weighted by Gasteiger charge is 2.19. The van der Waals surface area contributed by atoms with Gasteiger partial charge in [0.25, 0.3) is 0 Å². The largest absolute Gasteiger partial charge is 0.497 e.